The fourth-order valence-corrected chi connectivity index (χ4v) is 2.88. The molecule has 0 saturated carbocycles. The van der Waals surface area contributed by atoms with Gasteiger partial charge in [-0.2, -0.15) is 0 Å². The zero-order chi connectivity index (χ0) is 16.7. The van der Waals surface area contributed by atoms with E-state index in [9.17, 15) is 9.59 Å². The van der Waals surface area contributed by atoms with Gasteiger partial charge in [-0.1, -0.05) is 23.7 Å². The Bertz CT molecular complexity index is 542. The van der Waals surface area contributed by atoms with Crippen LogP contribution in [-0.2, 0) is 16.0 Å². The van der Waals surface area contributed by atoms with Crippen molar-refractivity contribution in [1.29, 1.82) is 0 Å². The molecule has 0 spiro atoms. The molecule has 0 unspecified atom stereocenters. The van der Waals surface area contributed by atoms with Crippen LogP contribution in [0.1, 0.15) is 31.7 Å². The summed E-state index contributed by atoms with van der Waals surface area (Å²) in [4.78, 5) is 25.4. The van der Waals surface area contributed by atoms with E-state index in [-0.39, 0.29) is 18.0 Å². The zero-order valence-electron chi connectivity index (χ0n) is 13.4. The third-order valence-corrected chi connectivity index (χ3v) is 4.15. The summed E-state index contributed by atoms with van der Waals surface area (Å²) >= 11 is 5.93. The number of benzene rings is 1. The van der Waals surface area contributed by atoms with E-state index in [1.165, 1.54) is 0 Å². The second-order valence-corrected chi connectivity index (χ2v) is 6.09. The molecule has 0 aromatic heterocycles. The molecule has 1 aromatic rings. The number of rotatable bonds is 5. The molecular formula is C17H23ClN2O3. The van der Waals surface area contributed by atoms with Gasteiger partial charge in [-0.15, -0.1) is 0 Å². The molecule has 1 aromatic carbocycles. The van der Waals surface area contributed by atoms with Gasteiger partial charge in [0.15, 0.2) is 0 Å². The molecule has 1 N–H and O–H groups in total. The molecular weight excluding hydrogens is 316 g/mol. The maximum Gasteiger partial charge on any atom is 0.409 e. The molecule has 1 aliphatic rings. The molecule has 5 nitrogen and oxygen atoms in total. The average Bonchev–Trinajstić information content (AvgIpc) is 2.54. The van der Waals surface area contributed by atoms with E-state index in [1.54, 1.807) is 11.8 Å². The van der Waals surface area contributed by atoms with Crippen LogP contribution in [0.5, 0.6) is 0 Å². The lowest BCUT2D eigenvalue weighted by Crippen LogP contribution is -2.46. The highest BCUT2D eigenvalue weighted by Gasteiger charge is 2.24. The number of piperidine rings is 1. The molecule has 1 saturated heterocycles. The Labute approximate surface area is 141 Å². The molecule has 0 radical (unpaired) electrons. The van der Waals surface area contributed by atoms with Crippen molar-refractivity contribution in [3.8, 4) is 0 Å². The van der Waals surface area contributed by atoms with Crippen LogP contribution < -0.4 is 5.32 Å². The summed E-state index contributed by atoms with van der Waals surface area (Å²) in [5.74, 6) is 0.0413. The lowest BCUT2D eigenvalue weighted by atomic mass is 10.0. The summed E-state index contributed by atoms with van der Waals surface area (Å²) in [5.41, 5.74) is 1.06. The largest absolute Gasteiger partial charge is 0.450 e. The highest BCUT2D eigenvalue weighted by molar-refractivity contribution is 6.30. The summed E-state index contributed by atoms with van der Waals surface area (Å²) in [6.45, 7) is 3.43. The van der Waals surface area contributed by atoms with Gasteiger partial charge in [0, 0.05) is 30.6 Å². The Morgan fingerprint density at radius 3 is 2.74 bits per heavy atom. The van der Waals surface area contributed by atoms with Crippen molar-refractivity contribution in [1.82, 2.24) is 10.2 Å². The highest BCUT2D eigenvalue weighted by Crippen LogP contribution is 2.14. The summed E-state index contributed by atoms with van der Waals surface area (Å²) < 4.78 is 4.98. The molecule has 0 bridgehead atoms. The SMILES string of the molecule is CCOC(=O)N1CCC(NC(=O)CCc2cccc(Cl)c2)CC1. The second-order valence-electron chi connectivity index (χ2n) is 5.66. The van der Waals surface area contributed by atoms with E-state index in [1.807, 2.05) is 24.3 Å². The van der Waals surface area contributed by atoms with Gasteiger partial charge in [0.2, 0.25) is 5.91 Å². The number of amides is 2. The summed E-state index contributed by atoms with van der Waals surface area (Å²) in [5, 5.41) is 3.73. The van der Waals surface area contributed by atoms with Crippen LogP contribution in [-0.4, -0.2) is 42.6 Å². The molecule has 1 aliphatic heterocycles. The fraction of sp³-hybridized carbons (Fsp3) is 0.529. The number of carbonyl (C=O) groups excluding carboxylic acids is 2. The summed E-state index contributed by atoms with van der Waals surface area (Å²) in [6.07, 6.45) is 2.38. The van der Waals surface area contributed by atoms with Gasteiger partial charge in [0.1, 0.15) is 0 Å². The number of carbonyl (C=O) groups is 2. The minimum atomic E-state index is -0.266. The van der Waals surface area contributed by atoms with Crippen molar-refractivity contribution in [2.45, 2.75) is 38.6 Å². The Morgan fingerprint density at radius 1 is 1.35 bits per heavy atom. The first-order valence-electron chi connectivity index (χ1n) is 8.04. The van der Waals surface area contributed by atoms with Crippen LogP contribution in [0, 0.1) is 0 Å². The van der Waals surface area contributed by atoms with Gasteiger partial charge in [-0.3, -0.25) is 4.79 Å². The van der Waals surface area contributed by atoms with Gasteiger partial charge in [0.05, 0.1) is 6.61 Å². The Kier molecular flexibility index (Phi) is 6.71. The van der Waals surface area contributed by atoms with Crippen LogP contribution in [0.25, 0.3) is 0 Å². The average molecular weight is 339 g/mol. The Hall–Kier alpha value is -1.75. The van der Waals surface area contributed by atoms with Gasteiger partial charge < -0.3 is 15.0 Å². The molecule has 2 amide bonds. The van der Waals surface area contributed by atoms with Gasteiger partial charge in [-0.05, 0) is 43.9 Å². The van der Waals surface area contributed by atoms with E-state index in [0.717, 1.165) is 18.4 Å². The first kappa shape index (κ1) is 17.6. The normalized spacial score (nSPS) is 15.3. The predicted octanol–water partition coefficient (Wildman–Crippen LogP) is 3.01. The van der Waals surface area contributed by atoms with E-state index < -0.39 is 0 Å². The minimum Gasteiger partial charge on any atom is -0.450 e. The predicted molar refractivity (Wildman–Crippen MR) is 89.5 cm³/mol. The molecule has 126 valence electrons. The third-order valence-electron chi connectivity index (χ3n) is 3.92. The van der Waals surface area contributed by atoms with Crippen LogP contribution >= 0.6 is 11.6 Å². The summed E-state index contributed by atoms with van der Waals surface area (Å²) in [7, 11) is 0. The van der Waals surface area contributed by atoms with Crippen molar-refractivity contribution in [3.63, 3.8) is 0 Å². The number of ether oxygens (including phenoxy) is 1. The van der Waals surface area contributed by atoms with E-state index in [0.29, 0.717) is 37.6 Å². The second kappa shape index (κ2) is 8.77. The lowest BCUT2D eigenvalue weighted by molar-refractivity contribution is -0.122. The van der Waals surface area contributed by atoms with E-state index in [4.69, 9.17) is 16.3 Å². The maximum absolute atomic E-state index is 12.0. The number of likely N-dealkylation sites (tertiary alicyclic amines) is 1. The summed E-state index contributed by atoms with van der Waals surface area (Å²) in [6, 6.07) is 7.69. The topological polar surface area (TPSA) is 58.6 Å². The quantitative estimate of drug-likeness (QED) is 0.897. The van der Waals surface area contributed by atoms with Crippen LogP contribution in [0.15, 0.2) is 24.3 Å². The first-order valence-corrected chi connectivity index (χ1v) is 8.41. The molecule has 23 heavy (non-hydrogen) atoms. The van der Waals surface area contributed by atoms with Crippen LogP contribution in [0.4, 0.5) is 4.79 Å². The Balaban J connectivity index is 1.69. The molecule has 1 heterocycles. The highest BCUT2D eigenvalue weighted by atomic mass is 35.5. The number of hydrogen-bond acceptors (Lipinski definition) is 3. The number of nitrogens with zero attached hydrogens (tertiary/aromatic N) is 1. The van der Waals surface area contributed by atoms with Crippen molar-refractivity contribution in [2.24, 2.45) is 0 Å². The molecule has 2 rings (SSSR count). The van der Waals surface area contributed by atoms with Crippen molar-refractivity contribution >= 4 is 23.6 Å². The van der Waals surface area contributed by atoms with Gasteiger partial charge >= 0.3 is 6.09 Å². The first-order chi connectivity index (χ1) is 11.1. The van der Waals surface area contributed by atoms with Crippen molar-refractivity contribution in [3.05, 3.63) is 34.9 Å². The number of nitrogens with one attached hydrogen (secondary N) is 1. The van der Waals surface area contributed by atoms with Gasteiger partial charge in [0.25, 0.3) is 0 Å². The van der Waals surface area contributed by atoms with Crippen molar-refractivity contribution in [2.75, 3.05) is 19.7 Å². The molecule has 0 atom stereocenters. The Morgan fingerprint density at radius 2 is 2.09 bits per heavy atom. The molecule has 0 aliphatic carbocycles. The fourth-order valence-electron chi connectivity index (χ4n) is 2.67. The standard InChI is InChI=1S/C17H23ClN2O3/c1-2-23-17(22)20-10-8-15(9-11-20)19-16(21)7-6-13-4-3-5-14(18)12-13/h3-5,12,15H,2,6-11H2,1H3,(H,19,21). The van der Waals surface area contributed by atoms with Crippen LogP contribution in [0.2, 0.25) is 5.02 Å². The molecule has 6 heteroatoms. The van der Waals surface area contributed by atoms with Crippen LogP contribution in [0.3, 0.4) is 0 Å². The number of halogens is 1. The third kappa shape index (κ3) is 5.75. The van der Waals surface area contributed by atoms with E-state index in [2.05, 4.69) is 5.32 Å². The minimum absolute atomic E-state index is 0.0413. The maximum atomic E-state index is 12.0. The van der Waals surface area contributed by atoms with E-state index >= 15 is 0 Å². The van der Waals surface area contributed by atoms with Crippen molar-refractivity contribution < 1.29 is 14.3 Å². The lowest BCUT2D eigenvalue weighted by Gasteiger charge is -2.31. The molecule has 1 fully saturated rings. The number of hydrogen-bond donors (Lipinski definition) is 1. The monoisotopic (exact) mass is 338 g/mol. The smallest absolute Gasteiger partial charge is 0.409 e. The van der Waals surface area contributed by atoms with Gasteiger partial charge in [-0.25, -0.2) is 4.79 Å². The number of aryl methyl sites for hydroxylation is 1. The zero-order valence-corrected chi connectivity index (χ0v) is 14.1.